The molecule has 0 bridgehead atoms. The van der Waals surface area contributed by atoms with E-state index in [1.165, 1.54) is 19.3 Å². The van der Waals surface area contributed by atoms with Gasteiger partial charge < -0.3 is 20.1 Å². The minimum absolute atomic E-state index is 0. The second kappa shape index (κ2) is 17.0. The van der Waals surface area contributed by atoms with Crippen molar-refractivity contribution in [1.29, 1.82) is 0 Å². The van der Waals surface area contributed by atoms with Crippen molar-refractivity contribution in [3.63, 3.8) is 0 Å². The van der Waals surface area contributed by atoms with Gasteiger partial charge in [0.1, 0.15) is 0 Å². The minimum Gasteiger partial charge on any atom is -0.385 e. The molecule has 0 aromatic heterocycles. The van der Waals surface area contributed by atoms with Crippen molar-refractivity contribution in [2.24, 2.45) is 10.9 Å². The van der Waals surface area contributed by atoms with Gasteiger partial charge in [0, 0.05) is 53.0 Å². The molecule has 1 heterocycles. The summed E-state index contributed by atoms with van der Waals surface area (Å²) in [6.07, 6.45) is 5.88. The van der Waals surface area contributed by atoms with E-state index in [-0.39, 0.29) is 24.0 Å². The van der Waals surface area contributed by atoms with E-state index in [0.717, 1.165) is 64.8 Å². The largest absolute Gasteiger partial charge is 0.385 e. The smallest absolute Gasteiger partial charge is 0.191 e. The van der Waals surface area contributed by atoms with Gasteiger partial charge >= 0.3 is 0 Å². The zero-order chi connectivity index (χ0) is 18.3. The van der Waals surface area contributed by atoms with Gasteiger partial charge in [-0.15, -0.1) is 24.0 Å². The predicted octanol–water partition coefficient (Wildman–Crippen LogP) is 2.72. The van der Waals surface area contributed by atoms with E-state index < -0.39 is 0 Å². The highest BCUT2D eigenvalue weighted by atomic mass is 127. The quantitative estimate of drug-likeness (QED) is 0.193. The molecule has 0 radical (unpaired) electrons. The van der Waals surface area contributed by atoms with Crippen LogP contribution < -0.4 is 10.6 Å². The maximum atomic E-state index is 5.53. The molecular weight excluding hydrogens is 443 g/mol. The summed E-state index contributed by atoms with van der Waals surface area (Å²) < 4.78 is 10.6. The number of guanidine groups is 1. The summed E-state index contributed by atoms with van der Waals surface area (Å²) in [6, 6.07) is 0.541. The van der Waals surface area contributed by atoms with Gasteiger partial charge in [-0.3, -0.25) is 9.89 Å². The number of nitrogens with zero attached hydrogens (tertiary/aromatic N) is 2. The van der Waals surface area contributed by atoms with Crippen LogP contribution in [0.2, 0.25) is 0 Å². The van der Waals surface area contributed by atoms with Crippen molar-refractivity contribution in [2.75, 3.05) is 60.2 Å². The van der Waals surface area contributed by atoms with E-state index in [4.69, 9.17) is 9.47 Å². The van der Waals surface area contributed by atoms with Crippen LogP contribution in [0.4, 0.5) is 0 Å². The number of hydrogen-bond donors (Lipinski definition) is 2. The van der Waals surface area contributed by atoms with Crippen LogP contribution in [0.1, 0.15) is 46.0 Å². The molecule has 0 aromatic carbocycles. The fourth-order valence-electron chi connectivity index (χ4n) is 3.51. The summed E-state index contributed by atoms with van der Waals surface area (Å²) >= 11 is 0. The Morgan fingerprint density at radius 2 is 1.81 bits per heavy atom. The SMILES string of the molecule is CCC(CC)C(CNC(=NC)NCCCCCOC)N1CCOCC1.I. The normalized spacial score (nSPS) is 17.0. The van der Waals surface area contributed by atoms with Gasteiger partial charge in [-0.05, 0) is 25.2 Å². The lowest BCUT2D eigenvalue weighted by molar-refractivity contribution is 0.00272. The number of nitrogens with one attached hydrogen (secondary N) is 2. The van der Waals surface area contributed by atoms with Gasteiger partial charge in [0.15, 0.2) is 5.96 Å². The minimum atomic E-state index is 0. The first kappa shape index (κ1) is 25.9. The monoisotopic (exact) mass is 484 g/mol. The van der Waals surface area contributed by atoms with Crippen molar-refractivity contribution in [3.05, 3.63) is 0 Å². The van der Waals surface area contributed by atoms with Crippen LogP contribution in [0.15, 0.2) is 4.99 Å². The van der Waals surface area contributed by atoms with Crippen molar-refractivity contribution >= 4 is 29.9 Å². The second-order valence-corrected chi connectivity index (χ2v) is 6.73. The summed E-state index contributed by atoms with van der Waals surface area (Å²) in [6.45, 7) is 11.1. The number of methoxy groups -OCH3 is 1. The topological polar surface area (TPSA) is 58.1 Å². The van der Waals surface area contributed by atoms with Crippen LogP contribution >= 0.6 is 24.0 Å². The summed E-state index contributed by atoms with van der Waals surface area (Å²) in [5.41, 5.74) is 0. The first-order chi connectivity index (χ1) is 12.3. The molecule has 1 aliphatic rings. The first-order valence-corrected chi connectivity index (χ1v) is 10.0. The average molecular weight is 484 g/mol. The fraction of sp³-hybridized carbons (Fsp3) is 0.947. The number of rotatable bonds is 12. The molecule has 7 heteroatoms. The van der Waals surface area contributed by atoms with Crippen molar-refractivity contribution in [2.45, 2.75) is 52.0 Å². The summed E-state index contributed by atoms with van der Waals surface area (Å²) in [5.74, 6) is 1.62. The average Bonchev–Trinajstić information content (AvgIpc) is 2.66. The Kier molecular flexibility index (Phi) is 16.9. The Morgan fingerprint density at radius 1 is 1.12 bits per heavy atom. The number of halogens is 1. The molecule has 1 atom stereocenters. The first-order valence-electron chi connectivity index (χ1n) is 10.0. The summed E-state index contributed by atoms with van der Waals surface area (Å²) in [7, 11) is 3.61. The Morgan fingerprint density at radius 3 is 2.38 bits per heavy atom. The third-order valence-corrected chi connectivity index (χ3v) is 5.13. The molecular formula is C19H41IN4O2. The van der Waals surface area contributed by atoms with Gasteiger partial charge in [0.25, 0.3) is 0 Å². The second-order valence-electron chi connectivity index (χ2n) is 6.73. The molecule has 1 aliphatic heterocycles. The van der Waals surface area contributed by atoms with E-state index in [1.807, 2.05) is 7.05 Å². The highest BCUT2D eigenvalue weighted by molar-refractivity contribution is 14.0. The number of morpholine rings is 1. The van der Waals surface area contributed by atoms with Crippen molar-refractivity contribution in [1.82, 2.24) is 15.5 Å². The van der Waals surface area contributed by atoms with Gasteiger partial charge in [-0.1, -0.05) is 26.7 Å². The highest BCUT2D eigenvalue weighted by Crippen LogP contribution is 2.19. The number of ether oxygens (including phenoxy) is 2. The zero-order valence-electron chi connectivity index (χ0n) is 17.3. The van der Waals surface area contributed by atoms with Gasteiger partial charge in [-0.25, -0.2) is 0 Å². The van der Waals surface area contributed by atoms with Crippen molar-refractivity contribution in [3.8, 4) is 0 Å². The third kappa shape index (κ3) is 10.3. The van der Waals surface area contributed by atoms with Gasteiger partial charge in [-0.2, -0.15) is 0 Å². The van der Waals surface area contributed by atoms with Crippen LogP contribution in [0.5, 0.6) is 0 Å². The summed E-state index contributed by atoms with van der Waals surface area (Å²) in [5, 5.41) is 6.98. The number of aliphatic imine (C=N–C) groups is 1. The molecule has 1 saturated heterocycles. The Bertz CT molecular complexity index is 348. The molecule has 1 rings (SSSR count). The maximum Gasteiger partial charge on any atom is 0.191 e. The van der Waals surface area contributed by atoms with E-state index in [1.54, 1.807) is 7.11 Å². The summed E-state index contributed by atoms with van der Waals surface area (Å²) in [4.78, 5) is 6.97. The fourth-order valence-corrected chi connectivity index (χ4v) is 3.51. The number of unbranched alkanes of at least 4 members (excludes halogenated alkanes) is 2. The van der Waals surface area contributed by atoms with E-state index >= 15 is 0 Å². The van der Waals surface area contributed by atoms with Crippen LogP contribution in [0.25, 0.3) is 0 Å². The maximum absolute atomic E-state index is 5.53. The van der Waals surface area contributed by atoms with E-state index in [0.29, 0.717) is 12.0 Å². The van der Waals surface area contributed by atoms with E-state index in [2.05, 4.69) is 34.4 Å². The lowest BCUT2D eigenvalue weighted by atomic mass is 9.92. The Labute approximate surface area is 177 Å². The molecule has 0 aromatic rings. The standard InChI is InChI=1S/C19H40N4O2.HI/c1-5-17(6-2)18(23-11-14-25-15-12-23)16-22-19(20-3)21-10-8-7-9-13-24-4;/h17-18H,5-16H2,1-4H3,(H2,20,21,22);1H. The van der Waals surface area contributed by atoms with Crippen LogP contribution in [-0.2, 0) is 9.47 Å². The predicted molar refractivity (Wildman–Crippen MR) is 121 cm³/mol. The van der Waals surface area contributed by atoms with Gasteiger partial charge in [0.2, 0.25) is 0 Å². The lowest BCUT2D eigenvalue weighted by Crippen LogP contribution is -2.53. The van der Waals surface area contributed by atoms with Crippen LogP contribution in [0.3, 0.4) is 0 Å². The molecule has 1 unspecified atom stereocenters. The molecule has 6 nitrogen and oxygen atoms in total. The Balaban J connectivity index is 0.00000625. The van der Waals surface area contributed by atoms with Crippen LogP contribution in [0, 0.1) is 5.92 Å². The molecule has 0 aliphatic carbocycles. The van der Waals surface area contributed by atoms with Gasteiger partial charge in [0.05, 0.1) is 13.2 Å². The van der Waals surface area contributed by atoms with Crippen LogP contribution in [-0.4, -0.2) is 77.1 Å². The third-order valence-electron chi connectivity index (χ3n) is 5.13. The molecule has 1 fully saturated rings. The molecule has 26 heavy (non-hydrogen) atoms. The van der Waals surface area contributed by atoms with Crippen molar-refractivity contribution < 1.29 is 9.47 Å². The van der Waals surface area contributed by atoms with E-state index in [9.17, 15) is 0 Å². The lowest BCUT2D eigenvalue weighted by Gasteiger charge is -2.39. The molecule has 0 amide bonds. The number of hydrogen-bond acceptors (Lipinski definition) is 4. The molecule has 2 N–H and O–H groups in total. The highest BCUT2D eigenvalue weighted by Gasteiger charge is 2.26. The Hall–Kier alpha value is -0.120. The zero-order valence-corrected chi connectivity index (χ0v) is 19.6. The molecule has 0 spiro atoms. The molecule has 0 saturated carbocycles. The molecule has 156 valence electrons.